The average Bonchev–Trinajstić information content (AvgIpc) is 2.23. The summed E-state index contributed by atoms with van der Waals surface area (Å²) in [6.45, 7) is 4.49. The van der Waals surface area contributed by atoms with E-state index in [0.29, 0.717) is 5.75 Å². The Labute approximate surface area is 105 Å². The van der Waals surface area contributed by atoms with Crippen molar-refractivity contribution in [2.45, 2.75) is 24.3 Å². The van der Waals surface area contributed by atoms with Crippen LogP contribution >= 0.6 is 22.6 Å². The first-order valence-corrected chi connectivity index (χ1v) is 10.4. The number of phenolic OH excluding ortho intramolecular Hbond substituents is 1. The second kappa shape index (κ2) is 8.60. The van der Waals surface area contributed by atoms with E-state index < -0.39 is 14.7 Å². The maximum absolute atomic E-state index is 9.28. The Morgan fingerprint density at radius 3 is 2.21 bits per heavy atom. The van der Waals surface area contributed by atoms with Crippen molar-refractivity contribution in [1.82, 2.24) is 0 Å². The monoisotopic (exact) mass is 368 g/mol. The number of hydrogen-bond acceptors (Lipinski definition) is 1. The summed E-state index contributed by atoms with van der Waals surface area (Å²) >= 11 is 1.34. The predicted octanol–water partition coefficient (Wildman–Crippen LogP) is 3.19. The zero-order valence-electron chi connectivity index (χ0n) is 9.00. The Balaban J connectivity index is 0.000000791. The van der Waals surface area contributed by atoms with Crippen LogP contribution in [0, 0.1) is 0 Å². The molecule has 0 amide bonds. The quantitative estimate of drug-likeness (QED) is 0.494. The van der Waals surface area contributed by atoms with E-state index in [1.165, 1.54) is 14.8 Å². The van der Waals surface area contributed by atoms with Gasteiger partial charge in [-0.05, 0) is 4.93 Å². The van der Waals surface area contributed by atoms with Crippen molar-refractivity contribution >= 4 is 41.6 Å². The Morgan fingerprint density at radius 1 is 1.21 bits per heavy atom. The van der Waals surface area contributed by atoms with Crippen LogP contribution in [0.1, 0.15) is 13.8 Å². The van der Waals surface area contributed by atoms with Crippen molar-refractivity contribution in [3.05, 3.63) is 24.3 Å². The molecule has 0 unspecified atom stereocenters. The summed E-state index contributed by atoms with van der Waals surface area (Å²) in [5.41, 5.74) is 0. The van der Waals surface area contributed by atoms with Gasteiger partial charge in [-0.15, -0.1) is 0 Å². The first kappa shape index (κ1) is 14.3. The van der Waals surface area contributed by atoms with Crippen LogP contribution in [0.15, 0.2) is 24.3 Å². The molecule has 0 radical (unpaired) electrons. The number of hydrogen-bond donors (Lipinski definition) is 1. The molecule has 1 N–H and O–H groups in total. The third-order valence-electron chi connectivity index (χ3n) is 1.96. The Bertz CT molecular complexity index is 249. The summed E-state index contributed by atoms with van der Waals surface area (Å²) < 4.78 is 1.40. The summed E-state index contributed by atoms with van der Waals surface area (Å²) in [6, 6.07) is 7.75. The molecule has 0 bridgehead atoms. The largest absolute Gasteiger partial charge is 0.0901 e. The van der Waals surface area contributed by atoms with Crippen LogP contribution in [-0.2, 0) is 0 Å². The van der Waals surface area contributed by atoms with Crippen LogP contribution in [-0.4, -0.2) is 24.7 Å². The molecule has 3 heteroatoms. The van der Waals surface area contributed by atoms with Gasteiger partial charge in [0.05, 0.1) is 0 Å². The molecule has 0 aliphatic carbocycles. The molecule has 0 saturated heterocycles. The van der Waals surface area contributed by atoms with Crippen molar-refractivity contribution in [2.75, 3.05) is 4.93 Å². The Kier molecular flexibility index (Phi) is 8.79. The molecule has 1 aromatic carbocycles. The SMILES string of the molecule is CC[As](CC)c1cccc(O)c1.CI. The fourth-order valence-electron chi connectivity index (χ4n) is 1.28. The van der Waals surface area contributed by atoms with Crippen molar-refractivity contribution in [2.24, 2.45) is 0 Å². The maximum Gasteiger partial charge on any atom is -0.0121 e. The first-order chi connectivity index (χ1) is 6.77. The first-order valence-electron chi connectivity index (χ1n) is 4.69. The number of benzene rings is 1. The fraction of sp³-hybridized carbons (Fsp3) is 0.455. The second-order valence-electron chi connectivity index (χ2n) is 2.69. The van der Waals surface area contributed by atoms with Crippen LogP contribution in [0.5, 0.6) is 5.75 Å². The van der Waals surface area contributed by atoms with E-state index in [9.17, 15) is 5.11 Å². The van der Waals surface area contributed by atoms with Crippen LogP contribution < -0.4 is 4.35 Å². The minimum absolute atomic E-state index is 0.411. The number of alkyl halides is 1. The summed E-state index contributed by atoms with van der Waals surface area (Å²) in [4.78, 5) is 1.97. The van der Waals surface area contributed by atoms with Crippen molar-refractivity contribution in [3.63, 3.8) is 0 Å². The summed E-state index contributed by atoms with van der Waals surface area (Å²) in [5.74, 6) is 0.411. The van der Waals surface area contributed by atoms with Crippen molar-refractivity contribution < 1.29 is 5.11 Å². The molecule has 0 aromatic heterocycles. The molecule has 0 heterocycles. The van der Waals surface area contributed by atoms with E-state index in [-0.39, 0.29) is 0 Å². The third-order valence-corrected chi connectivity index (χ3v) is 7.28. The van der Waals surface area contributed by atoms with E-state index in [0.717, 1.165) is 0 Å². The molecule has 0 aliphatic heterocycles. The van der Waals surface area contributed by atoms with E-state index in [1.807, 2.05) is 17.1 Å². The number of aromatic hydroxyl groups is 1. The van der Waals surface area contributed by atoms with Gasteiger partial charge in [-0.25, -0.2) is 0 Å². The second-order valence-corrected chi connectivity index (χ2v) is 8.69. The van der Waals surface area contributed by atoms with Crippen molar-refractivity contribution in [1.29, 1.82) is 0 Å². The minimum Gasteiger partial charge on any atom is -0.0901 e. The maximum atomic E-state index is 9.28. The van der Waals surface area contributed by atoms with Crippen LogP contribution in [0.25, 0.3) is 0 Å². The number of halogens is 1. The normalized spacial score (nSPS) is 9.50. The average molecular weight is 368 g/mol. The van der Waals surface area contributed by atoms with E-state index in [4.69, 9.17) is 0 Å². The number of phenols is 1. The van der Waals surface area contributed by atoms with Gasteiger partial charge in [0.15, 0.2) is 0 Å². The summed E-state index contributed by atoms with van der Waals surface area (Å²) in [7, 11) is 0. The van der Waals surface area contributed by atoms with Crippen LogP contribution in [0.3, 0.4) is 0 Å². The molecule has 0 saturated carbocycles. The molecule has 80 valence electrons. The van der Waals surface area contributed by atoms with Crippen molar-refractivity contribution in [3.8, 4) is 5.75 Å². The fourth-order valence-corrected chi connectivity index (χ4v) is 5.03. The molecule has 14 heavy (non-hydrogen) atoms. The topological polar surface area (TPSA) is 20.2 Å². The van der Waals surface area contributed by atoms with Gasteiger partial charge in [0.25, 0.3) is 0 Å². The van der Waals surface area contributed by atoms with Gasteiger partial charge in [-0.3, -0.25) is 0 Å². The van der Waals surface area contributed by atoms with E-state index >= 15 is 0 Å². The van der Waals surface area contributed by atoms with E-state index in [1.54, 1.807) is 6.07 Å². The molecule has 1 aromatic rings. The Hall–Kier alpha value is 0.308. The molecule has 0 atom stereocenters. The van der Waals surface area contributed by atoms with Gasteiger partial charge < -0.3 is 0 Å². The molecule has 1 nitrogen and oxygen atoms in total. The minimum atomic E-state index is -0.805. The summed E-state index contributed by atoms with van der Waals surface area (Å²) in [5, 5.41) is 11.8. The molecule has 0 fully saturated rings. The van der Waals surface area contributed by atoms with Gasteiger partial charge in [-0.1, -0.05) is 22.6 Å². The van der Waals surface area contributed by atoms with Crippen LogP contribution in [0.2, 0.25) is 10.4 Å². The van der Waals surface area contributed by atoms with Gasteiger partial charge in [-0.2, -0.15) is 0 Å². The molecular weight excluding hydrogens is 350 g/mol. The van der Waals surface area contributed by atoms with Gasteiger partial charge >= 0.3 is 78.4 Å². The van der Waals surface area contributed by atoms with Gasteiger partial charge in [0.1, 0.15) is 0 Å². The standard InChI is InChI=1S/C10H15AsO.CH3I/c1-3-11(4-2)9-6-5-7-10(12)8-9;1-2/h5-8,12H,3-4H2,1-2H3;1H3. The van der Waals surface area contributed by atoms with Gasteiger partial charge in [0, 0.05) is 0 Å². The van der Waals surface area contributed by atoms with Crippen LogP contribution in [0.4, 0.5) is 0 Å². The number of rotatable bonds is 3. The van der Waals surface area contributed by atoms with Gasteiger partial charge in [0.2, 0.25) is 0 Å². The zero-order valence-corrected chi connectivity index (χ0v) is 13.0. The zero-order chi connectivity index (χ0) is 11.0. The molecular formula is C11H18AsIO. The molecule has 0 spiro atoms. The third kappa shape index (κ3) is 4.70. The van der Waals surface area contributed by atoms with E-state index in [2.05, 4.69) is 42.5 Å². The molecule has 0 aliphatic rings. The smallest absolute Gasteiger partial charge is 0.0121 e. The predicted molar refractivity (Wildman–Crippen MR) is 74.4 cm³/mol. The molecule has 1 rings (SSSR count). The summed E-state index contributed by atoms with van der Waals surface area (Å²) in [6.07, 6.45) is 0. The Morgan fingerprint density at radius 2 is 1.79 bits per heavy atom.